The van der Waals surface area contributed by atoms with Crippen LogP contribution in [0.5, 0.6) is 40.2 Å². The molecule has 2 aliphatic heterocycles. The minimum atomic E-state index is -0.372. The molecule has 0 saturated carbocycles. The highest BCUT2D eigenvalue weighted by molar-refractivity contribution is 6.03. The molecule has 12 heteroatoms. The first-order chi connectivity index (χ1) is 25.8. The number of anilines is 1. The molecular weight excluding hydrogens is 678 g/mol. The Morgan fingerprint density at radius 3 is 1.98 bits per heavy atom. The van der Waals surface area contributed by atoms with Crippen molar-refractivity contribution in [3.05, 3.63) is 94.5 Å². The molecule has 0 spiro atoms. The first-order valence-corrected chi connectivity index (χ1v) is 17.7. The lowest BCUT2D eigenvalue weighted by molar-refractivity contribution is 0.0854. The lowest BCUT2D eigenvalue weighted by Crippen LogP contribution is -2.38. The summed E-state index contributed by atoms with van der Waals surface area (Å²) in [6, 6.07) is 21.1. The first-order valence-electron chi connectivity index (χ1n) is 17.7. The second kappa shape index (κ2) is 17.2. The average Bonchev–Trinajstić information content (AvgIpc) is 3.69. The number of hydrogen-bond acceptors (Lipinski definition) is 11. The maximum absolute atomic E-state index is 12.7. The predicted molar refractivity (Wildman–Crippen MR) is 202 cm³/mol. The minimum Gasteiger partial charge on any atom is -0.493 e. The number of carbonyl (C=O) groups excluding carboxylic acids is 1. The summed E-state index contributed by atoms with van der Waals surface area (Å²) in [4.78, 5) is 18.6. The maximum atomic E-state index is 12.7. The Morgan fingerprint density at radius 1 is 0.660 bits per heavy atom. The van der Waals surface area contributed by atoms with E-state index in [-0.39, 0.29) is 18.2 Å². The highest BCUT2D eigenvalue weighted by atomic mass is 16.6. The van der Waals surface area contributed by atoms with Crippen molar-refractivity contribution in [1.82, 2.24) is 5.32 Å². The van der Waals surface area contributed by atoms with Gasteiger partial charge in [0.1, 0.15) is 6.17 Å². The lowest BCUT2D eigenvalue weighted by atomic mass is 9.99. The fraction of sp³-hybridized carbons (Fsp3) is 0.366. The van der Waals surface area contributed by atoms with E-state index in [0.29, 0.717) is 65.4 Å². The van der Waals surface area contributed by atoms with Gasteiger partial charge >= 0.3 is 0 Å². The molecule has 0 saturated heterocycles. The Hall–Kier alpha value is -5.78. The number of oxime groups is 1. The number of ether oxygens (including phenoxy) is 7. The summed E-state index contributed by atoms with van der Waals surface area (Å²) in [6.07, 6.45) is 3.63. The van der Waals surface area contributed by atoms with Gasteiger partial charge in [-0.1, -0.05) is 28.9 Å². The van der Waals surface area contributed by atoms with E-state index in [2.05, 4.69) is 15.8 Å². The molecule has 0 radical (unpaired) electrons. The summed E-state index contributed by atoms with van der Waals surface area (Å²) < 4.78 is 39.9. The number of unbranched alkanes of at least 4 members (excludes halogenated alkanes) is 3. The van der Waals surface area contributed by atoms with Gasteiger partial charge in [-0.05, 0) is 92.3 Å². The van der Waals surface area contributed by atoms with Crippen LogP contribution in [0.4, 0.5) is 5.69 Å². The van der Waals surface area contributed by atoms with Gasteiger partial charge in [-0.2, -0.15) is 0 Å². The van der Waals surface area contributed by atoms with Gasteiger partial charge in [0.15, 0.2) is 40.6 Å². The van der Waals surface area contributed by atoms with E-state index < -0.39 is 0 Å². The maximum Gasteiger partial charge on any atom is 0.255 e. The van der Waals surface area contributed by atoms with Crippen LogP contribution in [-0.4, -0.2) is 60.4 Å². The number of nitrogens with one attached hydrogen (secondary N) is 2. The smallest absolute Gasteiger partial charge is 0.255 e. The molecule has 0 bridgehead atoms. The van der Waals surface area contributed by atoms with Gasteiger partial charge in [0.05, 0.1) is 60.0 Å². The van der Waals surface area contributed by atoms with Crippen LogP contribution in [-0.2, 0) is 4.84 Å². The monoisotopic (exact) mass is 725 g/mol. The summed E-state index contributed by atoms with van der Waals surface area (Å²) in [5, 5.41) is 10.8. The number of benzene rings is 4. The third kappa shape index (κ3) is 8.48. The van der Waals surface area contributed by atoms with Crippen LogP contribution in [0.3, 0.4) is 0 Å². The van der Waals surface area contributed by atoms with E-state index in [1.165, 1.54) is 0 Å². The third-order valence-electron chi connectivity index (χ3n) is 9.30. The van der Waals surface area contributed by atoms with Crippen LogP contribution < -0.4 is 43.8 Å². The van der Waals surface area contributed by atoms with Crippen molar-refractivity contribution in [3.8, 4) is 40.2 Å². The lowest BCUT2D eigenvalue weighted by Gasteiger charge is -2.28. The van der Waals surface area contributed by atoms with Crippen molar-refractivity contribution in [2.45, 2.75) is 51.3 Å². The van der Waals surface area contributed by atoms with Gasteiger partial charge in [-0.3, -0.25) is 4.79 Å². The Morgan fingerprint density at radius 2 is 1.30 bits per heavy atom. The molecule has 2 heterocycles. The largest absolute Gasteiger partial charge is 0.493 e. The van der Waals surface area contributed by atoms with Gasteiger partial charge in [0.2, 0.25) is 5.75 Å². The Balaban J connectivity index is 0.949. The van der Waals surface area contributed by atoms with Gasteiger partial charge in [0, 0.05) is 17.7 Å². The Kier molecular flexibility index (Phi) is 12.0. The van der Waals surface area contributed by atoms with Crippen LogP contribution in [0.1, 0.15) is 77.0 Å². The molecule has 280 valence electrons. The van der Waals surface area contributed by atoms with E-state index in [0.717, 1.165) is 59.3 Å². The molecule has 6 rings (SSSR count). The number of methoxy groups -OCH3 is 5. The highest BCUT2D eigenvalue weighted by Gasteiger charge is 2.28. The second-order valence-corrected chi connectivity index (χ2v) is 12.8. The van der Waals surface area contributed by atoms with Crippen molar-refractivity contribution in [2.24, 2.45) is 5.16 Å². The quantitative estimate of drug-likeness (QED) is 0.104. The molecule has 2 N–H and O–H groups in total. The van der Waals surface area contributed by atoms with Crippen LogP contribution >= 0.6 is 0 Å². The number of amides is 1. The molecule has 12 nitrogen and oxygen atoms in total. The van der Waals surface area contributed by atoms with Crippen molar-refractivity contribution in [3.63, 3.8) is 0 Å². The van der Waals surface area contributed by atoms with Gasteiger partial charge < -0.3 is 48.6 Å². The predicted octanol–water partition coefficient (Wildman–Crippen LogP) is 7.78. The molecule has 2 aliphatic rings. The summed E-state index contributed by atoms with van der Waals surface area (Å²) in [5.74, 6) is 4.13. The Bertz CT molecular complexity index is 1920. The zero-order chi connectivity index (χ0) is 37.3. The van der Waals surface area contributed by atoms with Crippen molar-refractivity contribution >= 4 is 17.3 Å². The van der Waals surface area contributed by atoms with Crippen LogP contribution in [0.2, 0.25) is 0 Å². The zero-order valence-corrected chi connectivity index (χ0v) is 31.1. The fourth-order valence-corrected chi connectivity index (χ4v) is 6.42. The Labute approximate surface area is 310 Å². The van der Waals surface area contributed by atoms with Crippen LogP contribution in [0, 0.1) is 6.92 Å². The van der Waals surface area contributed by atoms with Gasteiger partial charge in [-0.15, -0.1) is 0 Å². The number of carbonyl (C=O) groups is 1. The molecule has 2 unspecified atom stereocenters. The first kappa shape index (κ1) is 37.0. The molecule has 4 aromatic rings. The SMILES string of the molecule is COc1cc(C2NC(=O)c3cc(C)ccc3N2)ccc1OCCCCCCOc1cc(C2CC(c3cc(OC)c(OC)c(OC)c3)=NO2)ccc1OC. The molecule has 4 aromatic carbocycles. The highest BCUT2D eigenvalue weighted by Crippen LogP contribution is 2.41. The van der Waals surface area contributed by atoms with Gasteiger partial charge in [0.25, 0.3) is 5.91 Å². The van der Waals surface area contributed by atoms with E-state index >= 15 is 0 Å². The van der Waals surface area contributed by atoms with E-state index in [1.54, 1.807) is 35.5 Å². The zero-order valence-electron chi connectivity index (χ0n) is 31.1. The third-order valence-corrected chi connectivity index (χ3v) is 9.30. The molecule has 0 aromatic heterocycles. The normalized spacial score (nSPS) is 16.0. The molecule has 53 heavy (non-hydrogen) atoms. The van der Waals surface area contributed by atoms with E-state index in [1.807, 2.05) is 73.7 Å². The average molecular weight is 726 g/mol. The summed E-state index contributed by atoms with van der Waals surface area (Å²) in [5.41, 5.74) is 5.91. The summed E-state index contributed by atoms with van der Waals surface area (Å²) in [6.45, 7) is 3.07. The summed E-state index contributed by atoms with van der Waals surface area (Å²) >= 11 is 0. The molecule has 0 fully saturated rings. The van der Waals surface area contributed by atoms with Gasteiger partial charge in [-0.25, -0.2) is 0 Å². The summed E-state index contributed by atoms with van der Waals surface area (Å²) in [7, 11) is 7.99. The van der Waals surface area contributed by atoms with Crippen molar-refractivity contribution in [2.75, 3.05) is 54.1 Å². The number of fused-ring (bicyclic) bond motifs is 1. The fourth-order valence-electron chi connectivity index (χ4n) is 6.42. The molecule has 2 atom stereocenters. The topological polar surface area (TPSA) is 127 Å². The van der Waals surface area contributed by atoms with E-state index in [4.69, 9.17) is 38.0 Å². The number of nitrogens with zero attached hydrogens (tertiary/aromatic N) is 1. The number of aryl methyl sites for hydroxylation is 1. The van der Waals surface area contributed by atoms with Crippen LogP contribution in [0.25, 0.3) is 0 Å². The molecular formula is C41H47N3O9. The number of hydrogen-bond donors (Lipinski definition) is 2. The minimum absolute atomic E-state index is 0.109. The number of rotatable bonds is 17. The van der Waals surface area contributed by atoms with Crippen LogP contribution in [0.15, 0.2) is 71.9 Å². The van der Waals surface area contributed by atoms with Crippen molar-refractivity contribution in [1.29, 1.82) is 0 Å². The molecule has 1 amide bonds. The van der Waals surface area contributed by atoms with Crippen molar-refractivity contribution < 1.29 is 42.8 Å². The van der Waals surface area contributed by atoms with E-state index in [9.17, 15) is 4.79 Å². The molecule has 0 aliphatic carbocycles. The standard InChI is InChI=1S/C41H47N3O9/c1-25-11-14-30-29(19-25)41(45)43-40(42-30)27-13-16-33(35(21-27)47-3)51-17-9-7-8-10-18-52-36-20-26(12-15-32(36)46-2)34-24-31(44-53-34)28-22-37(48-4)39(50-6)38(23-28)49-5/h11-16,19-23,34,40,42H,7-10,17-18,24H2,1-6H3,(H,43,45). The second-order valence-electron chi connectivity index (χ2n) is 12.8.